The van der Waals surface area contributed by atoms with Crippen LogP contribution in [0.15, 0.2) is 0 Å². The summed E-state index contributed by atoms with van der Waals surface area (Å²) < 4.78 is 0. The second-order valence-electron chi connectivity index (χ2n) is 6.19. The van der Waals surface area contributed by atoms with Crippen molar-refractivity contribution >= 4 is 11.9 Å². The van der Waals surface area contributed by atoms with Gasteiger partial charge in [0.1, 0.15) is 0 Å². The molecule has 0 aromatic rings. The molecule has 0 aliphatic rings. The van der Waals surface area contributed by atoms with E-state index in [9.17, 15) is 19.8 Å². The molecule has 0 saturated heterocycles. The minimum Gasteiger partial charge on any atom is -0.550 e. The van der Waals surface area contributed by atoms with Gasteiger partial charge in [-0.3, -0.25) is 0 Å². The summed E-state index contributed by atoms with van der Waals surface area (Å²) in [6.07, 6.45) is 16.3. The predicted octanol–water partition coefficient (Wildman–Crippen LogP) is 2.73. The van der Waals surface area contributed by atoms with Gasteiger partial charge in [0.05, 0.1) is 0 Å². The maximum Gasteiger partial charge on any atom is 0.0414 e. The van der Waals surface area contributed by atoms with Gasteiger partial charge in [-0.15, -0.1) is 0 Å². The van der Waals surface area contributed by atoms with Gasteiger partial charge in [-0.2, -0.15) is 0 Å². The van der Waals surface area contributed by atoms with Gasteiger partial charge in [0.2, 0.25) is 0 Å². The Morgan fingerprint density at radius 3 is 0.773 bits per heavy atom. The Kier molecular flexibility index (Phi) is 15.5. The molecule has 0 radical (unpaired) electrons. The molecule has 0 amide bonds. The maximum atomic E-state index is 10.2. The lowest BCUT2D eigenvalue weighted by Gasteiger charge is -2.04. The van der Waals surface area contributed by atoms with E-state index < -0.39 is 11.9 Å². The minimum atomic E-state index is -0.932. The largest absolute Gasteiger partial charge is 0.550 e. The topological polar surface area (TPSA) is 80.3 Å². The van der Waals surface area contributed by atoms with E-state index in [1.807, 2.05) is 0 Å². The molecule has 0 aromatic heterocycles. The van der Waals surface area contributed by atoms with Crippen LogP contribution >= 0.6 is 0 Å². The van der Waals surface area contributed by atoms with Gasteiger partial charge in [0.15, 0.2) is 0 Å². The number of rotatable bonds is 17. The van der Waals surface area contributed by atoms with Gasteiger partial charge in [-0.1, -0.05) is 77.0 Å². The molecule has 0 atom stereocenters. The van der Waals surface area contributed by atoms with Crippen molar-refractivity contribution in [2.24, 2.45) is 0 Å². The van der Waals surface area contributed by atoms with E-state index in [1.54, 1.807) is 0 Å². The van der Waals surface area contributed by atoms with Crippen LogP contribution in [0.25, 0.3) is 0 Å². The van der Waals surface area contributed by atoms with E-state index in [2.05, 4.69) is 0 Å². The molecule has 0 heterocycles. The average molecular weight is 312 g/mol. The Labute approximate surface area is 135 Å². The van der Waals surface area contributed by atoms with Crippen LogP contribution in [0.4, 0.5) is 0 Å². The zero-order valence-corrected chi connectivity index (χ0v) is 13.9. The van der Waals surface area contributed by atoms with E-state index in [0.717, 1.165) is 38.5 Å². The second-order valence-corrected chi connectivity index (χ2v) is 6.19. The molecule has 0 rings (SSSR count). The van der Waals surface area contributed by atoms with Crippen LogP contribution in [0.3, 0.4) is 0 Å². The number of hydrogen-bond acceptors (Lipinski definition) is 4. The van der Waals surface area contributed by atoms with Crippen LogP contribution in [-0.2, 0) is 9.59 Å². The zero-order valence-electron chi connectivity index (χ0n) is 13.9. The van der Waals surface area contributed by atoms with Gasteiger partial charge >= 0.3 is 0 Å². The molecule has 0 N–H and O–H groups in total. The fourth-order valence-electron chi connectivity index (χ4n) is 2.66. The maximum absolute atomic E-state index is 10.2. The summed E-state index contributed by atoms with van der Waals surface area (Å²) in [5.41, 5.74) is 0. The Hall–Kier alpha value is -1.06. The molecule has 0 aromatic carbocycles. The Morgan fingerprint density at radius 2 is 0.591 bits per heavy atom. The molecule has 22 heavy (non-hydrogen) atoms. The van der Waals surface area contributed by atoms with E-state index in [-0.39, 0.29) is 12.8 Å². The molecule has 4 heteroatoms. The van der Waals surface area contributed by atoms with Gasteiger partial charge in [0.25, 0.3) is 0 Å². The van der Waals surface area contributed by atoms with Crippen LogP contribution in [0.5, 0.6) is 0 Å². The highest BCUT2D eigenvalue weighted by molar-refractivity contribution is 5.64. The third kappa shape index (κ3) is 18.9. The number of carboxylic acid groups (broad SMARTS) is 2. The number of carbonyl (C=O) groups excluding carboxylic acids is 2. The van der Waals surface area contributed by atoms with E-state index in [0.29, 0.717) is 0 Å². The van der Waals surface area contributed by atoms with Crippen LogP contribution < -0.4 is 10.2 Å². The van der Waals surface area contributed by atoms with Crippen LogP contribution in [0.1, 0.15) is 103 Å². The van der Waals surface area contributed by atoms with Crippen LogP contribution in [-0.4, -0.2) is 11.9 Å². The molecule has 0 fully saturated rings. The Morgan fingerprint density at radius 1 is 0.409 bits per heavy atom. The molecule has 4 nitrogen and oxygen atoms in total. The van der Waals surface area contributed by atoms with Crippen LogP contribution in [0.2, 0.25) is 0 Å². The monoisotopic (exact) mass is 312 g/mol. The highest BCUT2D eigenvalue weighted by Gasteiger charge is 1.95. The first-order valence-electron chi connectivity index (χ1n) is 9.02. The minimum absolute atomic E-state index is 0.202. The number of aliphatic carboxylic acids is 2. The van der Waals surface area contributed by atoms with E-state index in [4.69, 9.17) is 0 Å². The van der Waals surface area contributed by atoms with Crippen molar-refractivity contribution in [3.63, 3.8) is 0 Å². The molecular weight excluding hydrogens is 280 g/mol. The number of unbranched alkanes of at least 4 members (excludes halogenated alkanes) is 13. The Bertz CT molecular complexity index is 248. The summed E-state index contributed by atoms with van der Waals surface area (Å²) in [6.45, 7) is 0. The summed E-state index contributed by atoms with van der Waals surface area (Å²) >= 11 is 0. The SMILES string of the molecule is O=C([O-])CCCCCCCCCCCCCCCCC(=O)[O-]. The van der Waals surface area contributed by atoms with Crippen molar-refractivity contribution in [3.05, 3.63) is 0 Å². The van der Waals surface area contributed by atoms with Crippen LogP contribution in [0, 0.1) is 0 Å². The summed E-state index contributed by atoms with van der Waals surface area (Å²) in [5.74, 6) is -1.86. The molecular formula is C18H32O4-2. The molecule has 0 spiro atoms. The summed E-state index contributed by atoms with van der Waals surface area (Å²) in [5, 5.41) is 20.4. The molecule has 130 valence electrons. The van der Waals surface area contributed by atoms with Gasteiger partial charge in [0, 0.05) is 11.9 Å². The lowest BCUT2D eigenvalue weighted by molar-refractivity contribution is -0.307. The van der Waals surface area contributed by atoms with Gasteiger partial charge in [-0.05, 0) is 25.7 Å². The zero-order chi connectivity index (χ0) is 16.5. The smallest absolute Gasteiger partial charge is 0.0414 e. The number of hydrogen-bond donors (Lipinski definition) is 0. The average Bonchev–Trinajstić information content (AvgIpc) is 2.46. The van der Waals surface area contributed by atoms with Crippen molar-refractivity contribution in [1.82, 2.24) is 0 Å². The first kappa shape index (κ1) is 20.9. The molecule has 0 unspecified atom stereocenters. The van der Waals surface area contributed by atoms with Gasteiger partial charge < -0.3 is 19.8 Å². The predicted molar refractivity (Wildman–Crippen MR) is 83.9 cm³/mol. The quantitative estimate of drug-likeness (QED) is 0.387. The van der Waals surface area contributed by atoms with Crippen molar-refractivity contribution in [1.29, 1.82) is 0 Å². The first-order chi connectivity index (χ1) is 10.6. The highest BCUT2D eigenvalue weighted by atomic mass is 16.4. The normalized spacial score (nSPS) is 10.7. The molecule has 0 aliphatic carbocycles. The fraction of sp³-hybridized carbons (Fsp3) is 0.889. The summed E-state index contributed by atoms with van der Waals surface area (Å²) in [6, 6.07) is 0. The second kappa shape index (κ2) is 16.3. The third-order valence-electron chi connectivity index (χ3n) is 4.01. The van der Waals surface area contributed by atoms with Crippen molar-refractivity contribution < 1.29 is 19.8 Å². The van der Waals surface area contributed by atoms with Gasteiger partial charge in [-0.25, -0.2) is 0 Å². The number of carboxylic acids is 2. The fourth-order valence-corrected chi connectivity index (χ4v) is 2.66. The third-order valence-corrected chi connectivity index (χ3v) is 4.01. The van der Waals surface area contributed by atoms with E-state index in [1.165, 1.54) is 51.4 Å². The lowest BCUT2D eigenvalue weighted by atomic mass is 10.0. The molecule has 0 aliphatic heterocycles. The highest BCUT2D eigenvalue weighted by Crippen LogP contribution is 2.13. The van der Waals surface area contributed by atoms with E-state index >= 15 is 0 Å². The van der Waals surface area contributed by atoms with Crippen molar-refractivity contribution in [2.75, 3.05) is 0 Å². The van der Waals surface area contributed by atoms with Crippen molar-refractivity contribution in [2.45, 2.75) is 103 Å². The summed E-state index contributed by atoms with van der Waals surface area (Å²) in [4.78, 5) is 20.4. The number of carbonyl (C=O) groups is 2. The van der Waals surface area contributed by atoms with Crippen molar-refractivity contribution in [3.8, 4) is 0 Å². The standard InChI is InChI=1S/C18H34O4/c19-17(20)15-13-11-9-7-5-3-1-2-4-6-8-10-12-14-16-18(21)22/h1-16H2,(H,19,20)(H,21,22)/p-2. The lowest BCUT2D eigenvalue weighted by Crippen LogP contribution is -2.21. The molecule has 0 saturated carbocycles. The summed E-state index contributed by atoms with van der Waals surface area (Å²) in [7, 11) is 0. The molecule has 0 bridgehead atoms. The Balaban J connectivity index is 2.99. The first-order valence-corrected chi connectivity index (χ1v) is 9.02.